The summed E-state index contributed by atoms with van der Waals surface area (Å²) in [5.41, 5.74) is 5.94. The Bertz CT molecular complexity index is 891. The van der Waals surface area contributed by atoms with Gasteiger partial charge in [-0.2, -0.15) is 0 Å². The molecule has 29 heavy (non-hydrogen) atoms. The average Bonchev–Trinajstić information content (AvgIpc) is 2.63. The van der Waals surface area contributed by atoms with Gasteiger partial charge in [0.05, 0.1) is 6.10 Å². The van der Waals surface area contributed by atoms with Gasteiger partial charge in [-0.1, -0.05) is 12.1 Å². The summed E-state index contributed by atoms with van der Waals surface area (Å²) in [4.78, 5) is 23.3. The van der Waals surface area contributed by atoms with E-state index in [2.05, 4.69) is 0 Å². The van der Waals surface area contributed by atoms with Gasteiger partial charge in [0.25, 0.3) is 0 Å². The standard InChI is InChI=1S/C22H27NO6/c1-13(2)27-20(24)19(23)15-7-6-8-16(12-15)28-17-9-10-18(14(3)11-17)29-22(4,5)21(25)26/h6-13,19H,23H2,1-5H3,(H,25,26). The van der Waals surface area contributed by atoms with Crippen molar-refractivity contribution in [3.05, 3.63) is 53.6 Å². The Hall–Kier alpha value is -3.06. The molecule has 0 aromatic heterocycles. The number of rotatable bonds is 8. The summed E-state index contributed by atoms with van der Waals surface area (Å²) < 4.78 is 16.6. The molecule has 0 saturated heterocycles. The first-order valence-electron chi connectivity index (χ1n) is 9.26. The van der Waals surface area contributed by atoms with Crippen molar-refractivity contribution < 1.29 is 28.9 Å². The van der Waals surface area contributed by atoms with Crippen LogP contribution in [0.5, 0.6) is 17.2 Å². The van der Waals surface area contributed by atoms with Crippen molar-refractivity contribution in [2.24, 2.45) is 5.73 Å². The molecule has 0 spiro atoms. The third-order valence-electron chi connectivity index (χ3n) is 4.09. The molecule has 1 atom stereocenters. The third kappa shape index (κ3) is 5.96. The smallest absolute Gasteiger partial charge is 0.347 e. The van der Waals surface area contributed by atoms with E-state index in [-0.39, 0.29) is 6.10 Å². The van der Waals surface area contributed by atoms with Gasteiger partial charge in [0, 0.05) is 0 Å². The number of aryl methyl sites for hydroxylation is 1. The molecule has 2 rings (SSSR count). The molecular weight excluding hydrogens is 374 g/mol. The number of carbonyl (C=O) groups is 2. The summed E-state index contributed by atoms with van der Waals surface area (Å²) >= 11 is 0. The maximum absolute atomic E-state index is 12.0. The van der Waals surface area contributed by atoms with E-state index in [1.807, 2.05) is 0 Å². The number of hydrogen-bond donors (Lipinski definition) is 2. The summed E-state index contributed by atoms with van der Waals surface area (Å²) in [6, 6.07) is 11.1. The van der Waals surface area contributed by atoms with Crippen LogP contribution in [0.25, 0.3) is 0 Å². The second-order valence-electron chi connectivity index (χ2n) is 7.48. The van der Waals surface area contributed by atoms with Crippen LogP contribution < -0.4 is 15.2 Å². The number of aliphatic carboxylic acids is 1. The molecule has 0 aliphatic rings. The van der Waals surface area contributed by atoms with Crippen LogP contribution in [0, 0.1) is 6.92 Å². The number of benzene rings is 2. The quantitative estimate of drug-likeness (QED) is 0.644. The first-order valence-corrected chi connectivity index (χ1v) is 9.26. The molecule has 2 aromatic carbocycles. The monoisotopic (exact) mass is 401 g/mol. The van der Waals surface area contributed by atoms with E-state index in [1.165, 1.54) is 13.8 Å². The summed E-state index contributed by atoms with van der Waals surface area (Å²) in [5.74, 6) is -0.0541. The van der Waals surface area contributed by atoms with E-state index in [0.717, 1.165) is 5.56 Å². The summed E-state index contributed by atoms with van der Waals surface area (Å²) in [7, 11) is 0. The minimum Gasteiger partial charge on any atom is -0.478 e. The number of carboxylic acid groups (broad SMARTS) is 1. The van der Waals surface area contributed by atoms with Gasteiger partial charge in [0.1, 0.15) is 23.3 Å². The maximum atomic E-state index is 12.0. The maximum Gasteiger partial charge on any atom is 0.347 e. The Morgan fingerprint density at radius 1 is 1.07 bits per heavy atom. The normalized spacial score (nSPS) is 12.4. The van der Waals surface area contributed by atoms with Crippen LogP contribution in [-0.2, 0) is 14.3 Å². The highest BCUT2D eigenvalue weighted by molar-refractivity contribution is 5.78. The van der Waals surface area contributed by atoms with E-state index in [0.29, 0.717) is 22.8 Å². The lowest BCUT2D eigenvalue weighted by Crippen LogP contribution is -2.38. The van der Waals surface area contributed by atoms with Crippen LogP contribution in [0.3, 0.4) is 0 Å². The van der Waals surface area contributed by atoms with E-state index in [4.69, 9.17) is 19.9 Å². The Balaban J connectivity index is 2.15. The molecule has 0 bridgehead atoms. The highest BCUT2D eigenvalue weighted by atomic mass is 16.5. The zero-order chi connectivity index (χ0) is 21.8. The highest BCUT2D eigenvalue weighted by Gasteiger charge is 2.30. The lowest BCUT2D eigenvalue weighted by Gasteiger charge is -2.23. The summed E-state index contributed by atoms with van der Waals surface area (Å²) in [5, 5.41) is 9.21. The predicted molar refractivity (Wildman–Crippen MR) is 108 cm³/mol. The zero-order valence-corrected chi connectivity index (χ0v) is 17.3. The lowest BCUT2D eigenvalue weighted by molar-refractivity contribution is -0.152. The second-order valence-corrected chi connectivity index (χ2v) is 7.48. The van der Waals surface area contributed by atoms with Gasteiger partial charge in [-0.15, -0.1) is 0 Å². The molecule has 2 aromatic rings. The van der Waals surface area contributed by atoms with Gasteiger partial charge >= 0.3 is 11.9 Å². The molecule has 0 aliphatic heterocycles. The molecule has 0 radical (unpaired) electrons. The topological polar surface area (TPSA) is 108 Å². The van der Waals surface area contributed by atoms with Crippen LogP contribution >= 0.6 is 0 Å². The average molecular weight is 401 g/mol. The van der Waals surface area contributed by atoms with Crippen LogP contribution in [-0.4, -0.2) is 28.8 Å². The predicted octanol–water partition coefficient (Wildman–Crippen LogP) is 3.98. The van der Waals surface area contributed by atoms with Crippen molar-refractivity contribution >= 4 is 11.9 Å². The Labute approximate surface area is 170 Å². The largest absolute Gasteiger partial charge is 0.478 e. The molecular formula is C22H27NO6. The third-order valence-corrected chi connectivity index (χ3v) is 4.09. The number of hydrogen-bond acceptors (Lipinski definition) is 6. The molecule has 156 valence electrons. The van der Waals surface area contributed by atoms with Crippen LogP contribution in [0.2, 0.25) is 0 Å². The van der Waals surface area contributed by atoms with Gasteiger partial charge in [-0.05, 0) is 76.1 Å². The fourth-order valence-corrected chi connectivity index (χ4v) is 2.47. The number of carbonyl (C=O) groups excluding carboxylic acids is 1. The Morgan fingerprint density at radius 3 is 2.31 bits per heavy atom. The van der Waals surface area contributed by atoms with E-state index < -0.39 is 23.6 Å². The Morgan fingerprint density at radius 2 is 1.72 bits per heavy atom. The van der Waals surface area contributed by atoms with Gasteiger partial charge in [0.15, 0.2) is 5.60 Å². The van der Waals surface area contributed by atoms with Crippen molar-refractivity contribution in [2.45, 2.75) is 52.4 Å². The highest BCUT2D eigenvalue weighted by Crippen LogP contribution is 2.30. The first-order chi connectivity index (χ1) is 13.5. The van der Waals surface area contributed by atoms with Crippen molar-refractivity contribution in [3.63, 3.8) is 0 Å². The van der Waals surface area contributed by atoms with Crippen LogP contribution in [0.4, 0.5) is 0 Å². The van der Waals surface area contributed by atoms with Gasteiger partial charge in [0.2, 0.25) is 0 Å². The van der Waals surface area contributed by atoms with E-state index in [9.17, 15) is 14.7 Å². The molecule has 7 nitrogen and oxygen atoms in total. The summed E-state index contributed by atoms with van der Waals surface area (Å²) in [6.07, 6.45) is -0.247. The first kappa shape index (κ1) is 22.2. The van der Waals surface area contributed by atoms with Crippen molar-refractivity contribution in [1.29, 1.82) is 0 Å². The molecule has 0 heterocycles. The number of nitrogens with two attached hydrogens (primary N) is 1. The van der Waals surface area contributed by atoms with Crippen LogP contribution in [0.1, 0.15) is 44.9 Å². The number of esters is 1. The molecule has 0 aliphatic carbocycles. The van der Waals surface area contributed by atoms with Crippen molar-refractivity contribution in [1.82, 2.24) is 0 Å². The minimum absolute atomic E-state index is 0.247. The van der Waals surface area contributed by atoms with Crippen LogP contribution in [0.15, 0.2) is 42.5 Å². The second kappa shape index (κ2) is 8.96. The fourth-order valence-electron chi connectivity index (χ4n) is 2.47. The molecule has 0 fully saturated rings. The molecule has 7 heteroatoms. The number of ether oxygens (including phenoxy) is 3. The number of carboxylic acids is 1. The molecule has 1 unspecified atom stereocenters. The zero-order valence-electron chi connectivity index (χ0n) is 17.3. The molecule has 3 N–H and O–H groups in total. The van der Waals surface area contributed by atoms with E-state index >= 15 is 0 Å². The Kier molecular flexibility index (Phi) is 6.87. The van der Waals surface area contributed by atoms with Gasteiger partial charge in [-0.3, -0.25) is 0 Å². The lowest BCUT2D eigenvalue weighted by atomic mass is 10.1. The van der Waals surface area contributed by atoms with Crippen molar-refractivity contribution in [2.75, 3.05) is 0 Å². The fraction of sp³-hybridized carbons (Fsp3) is 0.364. The van der Waals surface area contributed by atoms with Gasteiger partial charge in [-0.25, -0.2) is 9.59 Å². The van der Waals surface area contributed by atoms with Gasteiger partial charge < -0.3 is 25.1 Å². The molecule has 0 saturated carbocycles. The molecule has 0 amide bonds. The summed E-state index contributed by atoms with van der Waals surface area (Å²) in [6.45, 7) is 8.29. The minimum atomic E-state index is -1.35. The van der Waals surface area contributed by atoms with Crippen molar-refractivity contribution in [3.8, 4) is 17.2 Å². The SMILES string of the molecule is Cc1cc(Oc2cccc(C(N)C(=O)OC(C)C)c2)ccc1OC(C)(C)C(=O)O. The van der Waals surface area contributed by atoms with E-state index in [1.54, 1.807) is 63.2 Å².